The van der Waals surface area contributed by atoms with Gasteiger partial charge >= 0.3 is 0 Å². The number of carbonyl (C=O) groups is 1. The van der Waals surface area contributed by atoms with Gasteiger partial charge in [-0.1, -0.05) is 24.3 Å². The van der Waals surface area contributed by atoms with E-state index in [-0.39, 0.29) is 18.0 Å². The first-order chi connectivity index (χ1) is 18.1. The fourth-order valence-corrected chi connectivity index (χ4v) is 5.01. The van der Waals surface area contributed by atoms with Crippen molar-refractivity contribution in [2.75, 3.05) is 18.5 Å². The molecule has 2 aromatic heterocycles. The maximum atomic E-state index is 12.8. The van der Waals surface area contributed by atoms with Gasteiger partial charge in [-0.25, -0.2) is 0 Å². The maximum absolute atomic E-state index is 12.8. The molecule has 0 spiro atoms. The molecule has 1 aliphatic heterocycles. The van der Waals surface area contributed by atoms with Gasteiger partial charge in [0.15, 0.2) is 5.11 Å². The van der Waals surface area contributed by atoms with Crippen molar-refractivity contribution in [1.29, 1.82) is 0 Å². The smallest absolute Gasteiger partial charge is 0.226 e. The van der Waals surface area contributed by atoms with Crippen LogP contribution in [0.5, 0.6) is 5.75 Å². The molecule has 4 aromatic rings. The van der Waals surface area contributed by atoms with Crippen LogP contribution in [-0.4, -0.2) is 38.6 Å². The van der Waals surface area contributed by atoms with Gasteiger partial charge in [-0.3, -0.25) is 9.78 Å². The lowest BCUT2D eigenvalue weighted by Gasteiger charge is -2.29. The summed E-state index contributed by atoms with van der Waals surface area (Å²) in [7, 11) is 0. The SMILES string of the molecule is CCOc1ccc(-n2cccc2[C@H]2[C@H](c3ccccn3)NC(=S)N2CCC(=O)Nc2ccccc2)cc1. The molecule has 37 heavy (non-hydrogen) atoms. The molecule has 0 bridgehead atoms. The summed E-state index contributed by atoms with van der Waals surface area (Å²) in [5, 5.41) is 7.04. The summed E-state index contributed by atoms with van der Waals surface area (Å²) in [6.07, 6.45) is 4.13. The van der Waals surface area contributed by atoms with E-state index in [0.29, 0.717) is 24.7 Å². The van der Waals surface area contributed by atoms with Crippen molar-refractivity contribution in [3.63, 3.8) is 0 Å². The van der Waals surface area contributed by atoms with Gasteiger partial charge in [-0.05, 0) is 79.8 Å². The molecule has 0 radical (unpaired) electrons. The molecular formula is C29H29N5O2S. The Bertz CT molecular complexity index is 1340. The Kier molecular flexibility index (Phi) is 7.46. The minimum atomic E-state index is -0.165. The van der Waals surface area contributed by atoms with Gasteiger partial charge in [-0.15, -0.1) is 0 Å². The van der Waals surface area contributed by atoms with Crippen molar-refractivity contribution >= 4 is 28.9 Å². The van der Waals surface area contributed by atoms with Gasteiger partial charge in [0, 0.05) is 42.4 Å². The van der Waals surface area contributed by atoms with Crippen molar-refractivity contribution in [3.8, 4) is 11.4 Å². The molecule has 5 rings (SSSR count). The van der Waals surface area contributed by atoms with Crippen LogP contribution in [0.2, 0.25) is 0 Å². The lowest BCUT2D eigenvalue weighted by Crippen LogP contribution is -2.33. The number of amides is 1. The van der Waals surface area contributed by atoms with E-state index in [9.17, 15) is 4.79 Å². The Hall–Kier alpha value is -4.17. The number of para-hydroxylation sites is 1. The van der Waals surface area contributed by atoms with Crippen LogP contribution in [0.15, 0.2) is 97.3 Å². The van der Waals surface area contributed by atoms with Crippen molar-refractivity contribution in [1.82, 2.24) is 19.8 Å². The largest absolute Gasteiger partial charge is 0.494 e. The average molecular weight is 512 g/mol. The highest BCUT2D eigenvalue weighted by Gasteiger charge is 2.41. The van der Waals surface area contributed by atoms with Crippen LogP contribution in [0.3, 0.4) is 0 Å². The first kappa shape index (κ1) is 24.5. The number of nitrogens with one attached hydrogen (secondary N) is 2. The summed E-state index contributed by atoms with van der Waals surface area (Å²) in [5.41, 5.74) is 3.74. The molecule has 2 aromatic carbocycles. The van der Waals surface area contributed by atoms with E-state index in [4.69, 9.17) is 17.0 Å². The van der Waals surface area contributed by atoms with Crippen molar-refractivity contribution in [2.45, 2.75) is 25.4 Å². The second kappa shape index (κ2) is 11.3. The first-order valence-corrected chi connectivity index (χ1v) is 12.8. The van der Waals surface area contributed by atoms with Crippen LogP contribution in [0.4, 0.5) is 5.69 Å². The number of hydrogen-bond donors (Lipinski definition) is 2. The number of thiocarbonyl (C=S) groups is 1. The van der Waals surface area contributed by atoms with Gasteiger partial charge in [0.1, 0.15) is 5.75 Å². The summed E-state index contributed by atoms with van der Waals surface area (Å²) >= 11 is 5.79. The Balaban J connectivity index is 1.43. The zero-order valence-corrected chi connectivity index (χ0v) is 21.4. The van der Waals surface area contributed by atoms with Crippen LogP contribution in [-0.2, 0) is 4.79 Å². The molecule has 188 valence electrons. The standard InChI is InChI=1S/C29H29N5O2S/c1-2-36-23-15-13-22(14-16-23)33-19-8-12-25(33)28-27(24-11-6-7-18-30-24)32-29(37)34(28)20-17-26(35)31-21-9-4-3-5-10-21/h3-16,18-19,27-28H,2,17,20H2,1H3,(H,31,35)(H,32,37)/t27-,28-/m0/s1. The Morgan fingerprint density at radius 3 is 2.54 bits per heavy atom. The summed E-state index contributed by atoms with van der Waals surface area (Å²) < 4.78 is 7.78. The predicted molar refractivity (Wildman–Crippen MR) is 149 cm³/mol. The van der Waals surface area contributed by atoms with E-state index in [0.717, 1.165) is 28.5 Å². The van der Waals surface area contributed by atoms with E-state index < -0.39 is 0 Å². The number of nitrogens with zero attached hydrogens (tertiary/aromatic N) is 3. The maximum Gasteiger partial charge on any atom is 0.226 e. The third-order valence-corrected chi connectivity index (χ3v) is 6.70. The molecule has 3 heterocycles. The number of rotatable bonds is 9. The van der Waals surface area contributed by atoms with Crippen molar-refractivity contribution in [2.24, 2.45) is 0 Å². The Labute approximate surface area is 222 Å². The molecule has 0 saturated carbocycles. The fraction of sp³-hybridized carbons (Fsp3) is 0.207. The number of ether oxygens (including phenoxy) is 1. The molecule has 7 nitrogen and oxygen atoms in total. The number of pyridine rings is 1. The van der Waals surface area contributed by atoms with Gasteiger partial charge in [0.05, 0.1) is 24.4 Å². The quantitative estimate of drug-likeness (QED) is 0.298. The van der Waals surface area contributed by atoms with Gasteiger partial charge in [0.25, 0.3) is 0 Å². The highest BCUT2D eigenvalue weighted by molar-refractivity contribution is 7.80. The van der Waals surface area contributed by atoms with Crippen LogP contribution in [0, 0.1) is 0 Å². The van der Waals surface area contributed by atoms with Crippen LogP contribution < -0.4 is 15.4 Å². The zero-order chi connectivity index (χ0) is 25.6. The van der Waals surface area contributed by atoms with E-state index in [1.807, 2.05) is 92.0 Å². The number of hydrogen-bond acceptors (Lipinski definition) is 4. The van der Waals surface area contributed by atoms with E-state index in [1.165, 1.54) is 0 Å². The second-order valence-electron chi connectivity index (χ2n) is 8.71. The normalized spacial score (nSPS) is 16.9. The number of aromatic nitrogens is 2. The Morgan fingerprint density at radius 1 is 1.03 bits per heavy atom. The van der Waals surface area contributed by atoms with Crippen LogP contribution >= 0.6 is 12.2 Å². The van der Waals surface area contributed by atoms with Crippen LogP contribution in [0.1, 0.15) is 36.8 Å². The molecule has 2 atom stereocenters. The van der Waals surface area contributed by atoms with Crippen LogP contribution in [0.25, 0.3) is 5.69 Å². The summed E-state index contributed by atoms with van der Waals surface area (Å²) in [6, 6.07) is 27.2. The zero-order valence-electron chi connectivity index (χ0n) is 20.6. The van der Waals surface area contributed by atoms with Crippen molar-refractivity contribution in [3.05, 3.63) is 109 Å². The minimum Gasteiger partial charge on any atom is -0.494 e. The molecule has 0 unspecified atom stereocenters. The summed E-state index contributed by atoms with van der Waals surface area (Å²) in [4.78, 5) is 19.5. The van der Waals surface area contributed by atoms with E-state index in [1.54, 1.807) is 6.20 Å². The molecule has 8 heteroatoms. The second-order valence-corrected chi connectivity index (χ2v) is 9.10. The molecule has 2 N–H and O–H groups in total. The summed E-state index contributed by atoms with van der Waals surface area (Å²) in [5.74, 6) is 0.775. The third-order valence-electron chi connectivity index (χ3n) is 6.34. The fourth-order valence-electron chi connectivity index (χ4n) is 4.67. The van der Waals surface area contributed by atoms with E-state index in [2.05, 4.69) is 31.2 Å². The highest BCUT2D eigenvalue weighted by atomic mass is 32.1. The monoisotopic (exact) mass is 511 g/mol. The topological polar surface area (TPSA) is 71.4 Å². The molecule has 0 aliphatic carbocycles. The van der Waals surface area contributed by atoms with Gasteiger partial charge < -0.3 is 24.8 Å². The average Bonchev–Trinajstić information content (AvgIpc) is 3.53. The number of benzene rings is 2. The minimum absolute atomic E-state index is 0.0593. The number of anilines is 1. The molecule has 1 aliphatic rings. The van der Waals surface area contributed by atoms with Gasteiger partial charge in [-0.2, -0.15) is 0 Å². The number of carbonyl (C=O) groups excluding carboxylic acids is 1. The third kappa shape index (κ3) is 5.49. The molecule has 1 saturated heterocycles. The lowest BCUT2D eigenvalue weighted by atomic mass is 10.0. The van der Waals surface area contributed by atoms with E-state index >= 15 is 0 Å². The Morgan fingerprint density at radius 2 is 1.81 bits per heavy atom. The first-order valence-electron chi connectivity index (χ1n) is 12.4. The molecular weight excluding hydrogens is 482 g/mol. The highest BCUT2D eigenvalue weighted by Crippen LogP contribution is 2.39. The van der Waals surface area contributed by atoms with Crippen molar-refractivity contribution < 1.29 is 9.53 Å². The summed E-state index contributed by atoms with van der Waals surface area (Å²) in [6.45, 7) is 3.06. The van der Waals surface area contributed by atoms with Gasteiger partial charge in [0.2, 0.25) is 5.91 Å². The lowest BCUT2D eigenvalue weighted by molar-refractivity contribution is -0.116. The molecule has 1 fully saturated rings. The molecule has 1 amide bonds. The predicted octanol–water partition coefficient (Wildman–Crippen LogP) is 5.27.